The summed E-state index contributed by atoms with van der Waals surface area (Å²) in [4.78, 5) is 2.78. The molecule has 0 saturated carbocycles. The zero-order valence-corrected chi connectivity index (χ0v) is 14.0. The van der Waals surface area contributed by atoms with Crippen LogP contribution in [0.15, 0.2) is 0 Å². The number of hydrogen-bond acceptors (Lipinski definition) is 2. The number of nitrogens with zero attached hydrogens (tertiary/aromatic N) is 1. The van der Waals surface area contributed by atoms with Gasteiger partial charge in [0.25, 0.3) is 0 Å². The molecule has 2 nitrogen and oxygen atoms in total. The second-order valence-corrected chi connectivity index (χ2v) is 6.85. The lowest BCUT2D eigenvalue weighted by molar-refractivity contribution is 0.115. The van der Waals surface area contributed by atoms with E-state index in [0.29, 0.717) is 5.54 Å². The van der Waals surface area contributed by atoms with Gasteiger partial charge >= 0.3 is 0 Å². The van der Waals surface area contributed by atoms with E-state index < -0.39 is 0 Å². The van der Waals surface area contributed by atoms with E-state index in [1.165, 1.54) is 58.2 Å². The van der Waals surface area contributed by atoms with Crippen molar-refractivity contribution in [2.45, 2.75) is 84.7 Å². The SMILES string of the molecule is CCCC1(CN(CC(C)C)C(CC)CC)CCCN1. The van der Waals surface area contributed by atoms with Gasteiger partial charge in [-0.1, -0.05) is 41.0 Å². The lowest BCUT2D eigenvalue weighted by Gasteiger charge is -2.40. The first-order valence-corrected chi connectivity index (χ1v) is 8.56. The maximum absolute atomic E-state index is 3.84. The molecule has 0 aliphatic carbocycles. The maximum Gasteiger partial charge on any atom is 0.0309 e. The summed E-state index contributed by atoms with van der Waals surface area (Å²) < 4.78 is 0. The van der Waals surface area contributed by atoms with E-state index in [2.05, 4.69) is 44.8 Å². The van der Waals surface area contributed by atoms with Gasteiger partial charge in [0.05, 0.1) is 0 Å². The van der Waals surface area contributed by atoms with Crippen LogP contribution in [0.2, 0.25) is 0 Å². The summed E-state index contributed by atoms with van der Waals surface area (Å²) >= 11 is 0. The van der Waals surface area contributed by atoms with Crippen LogP contribution in [0.25, 0.3) is 0 Å². The van der Waals surface area contributed by atoms with Gasteiger partial charge in [0.1, 0.15) is 0 Å². The van der Waals surface area contributed by atoms with E-state index in [1.807, 2.05) is 0 Å². The van der Waals surface area contributed by atoms with E-state index in [4.69, 9.17) is 0 Å². The highest BCUT2D eigenvalue weighted by Crippen LogP contribution is 2.27. The molecule has 1 N–H and O–H groups in total. The van der Waals surface area contributed by atoms with Crippen LogP contribution in [0, 0.1) is 5.92 Å². The fourth-order valence-electron chi connectivity index (χ4n) is 3.78. The van der Waals surface area contributed by atoms with Crippen molar-refractivity contribution < 1.29 is 0 Å². The minimum absolute atomic E-state index is 0.409. The standard InChI is InChI=1S/C17H36N2/c1-6-10-17(11-9-12-18-17)14-19(13-15(4)5)16(7-2)8-3/h15-16,18H,6-14H2,1-5H3. The van der Waals surface area contributed by atoms with Crippen molar-refractivity contribution in [3.05, 3.63) is 0 Å². The van der Waals surface area contributed by atoms with Crippen molar-refractivity contribution in [3.63, 3.8) is 0 Å². The molecular formula is C17H36N2. The zero-order valence-electron chi connectivity index (χ0n) is 14.0. The van der Waals surface area contributed by atoms with Crippen molar-refractivity contribution in [2.24, 2.45) is 5.92 Å². The molecule has 1 unspecified atom stereocenters. The summed E-state index contributed by atoms with van der Waals surface area (Å²) in [5.74, 6) is 0.765. The van der Waals surface area contributed by atoms with Gasteiger partial charge in [-0.2, -0.15) is 0 Å². The molecule has 1 rings (SSSR count). The minimum Gasteiger partial charge on any atom is -0.310 e. The van der Waals surface area contributed by atoms with E-state index in [1.54, 1.807) is 0 Å². The van der Waals surface area contributed by atoms with Gasteiger partial charge in [-0.3, -0.25) is 4.90 Å². The number of hydrogen-bond donors (Lipinski definition) is 1. The normalized spacial score (nSPS) is 24.0. The maximum atomic E-state index is 3.84. The molecule has 0 aromatic heterocycles. The predicted molar refractivity (Wildman–Crippen MR) is 85.7 cm³/mol. The third-order valence-electron chi connectivity index (χ3n) is 4.62. The molecule has 1 saturated heterocycles. The van der Waals surface area contributed by atoms with Gasteiger partial charge in [-0.05, 0) is 44.6 Å². The number of rotatable bonds is 9. The summed E-state index contributed by atoms with van der Waals surface area (Å²) in [7, 11) is 0. The average molecular weight is 268 g/mol. The first-order valence-electron chi connectivity index (χ1n) is 8.56. The Balaban J connectivity index is 2.73. The molecule has 1 fully saturated rings. The summed E-state index contributed by atoms with van der Waals surface area (Å²) in [6, 6.07) is 0.763. The molecule has 2 heteroatoms. The van der Waals surface area contributed by atoms with Crippen LogP contribution in [-0.4, -0.2) is 36.1 Å². The summed E-state index contributed by atoms with van der Waals surface area (Å²) in [5.41, 5.74) is 0.409. The molecule has 1 heterocycles. The molecule has 1 atom stereocenters. The highest BCUT2D eigenvalue weighted by atomic mass is 15.2. The van der Waals surface area contributed by atoms with Gasteiger partial charge in [0.2, 0.25) is 0 Å². The molecule has 114 valence electrons. The average Bonchev–Trinajstić information content (AvgIpc) is 2.79. The first kappa shape index (κ1) is 17.0. The number of nitrogens with one attached hydrogen (secondary N) is 1. The Kier molecular flexibility index (Phi) is 7.38. The highest BCUT2D eigenvalue weighted by Gasteiger charge is 2.35. The fourth-order valence-corrected chi connectivity index (χ4v) is 3.78. The van der Waals surface area contributed by atoms with Crippen LogP contribution >= 0.6 is 0 Å². The van der Waals surface area contributed by atoms with E-state index in [0.717, 1.165) is 12.0 Å². The smallest absolute Gasteiger partial charge is 0.0309 e. The van der Waals surface area contributed by atoms with E-state index in [-0.39, 0.29) is 0 Å². The van der Waals surface area contributed by atoms with Gasteiger partial charge in [0, 0.05) is 24.7 Å². The Labute approximate surface area is 121 Å². The molecule has 1 aliphatic heterocycles. The lowest BCUT2D eigenvalue weighted by Crippen LogP contribution is -2.53. The van der Waals surface area contributed by atoms with Crippen LogP contribution in [0.4, 0.5) is 0 Å². The first-order chi connectivity index (χ1) is 9.06. The van der Waals surface area contributed by atoms with Crippen LogP contribution in [0.3, 0.4) is 0 Å². The predicted octanol–water partition coefficient (Wildman–Crippen LogP) is 4.06. The Morgan fingerprint density at radius 3 is 2.26 bits per heavy atom. The third-order valence-corrected chi connectivity index (χ3v) is 4.62. The molecule has 0 amide bonds. The zero-order chi connectivity index (χ0) is 14.3. The summed E-state index contributed by atoms with van der Waals surface area (Å²) in [6.45, 7) is 15.4. The van der Waals surface area contributed by atoms with Crippen molar-refractivity contribution in [1.29, 1.82) is 0 Å². The van der Waals surface area contributed by atoms with Crippen LogP contribution in [-0.2, 0) is 0 Å². The van der Waals surface area contributed by atoms with Gasteiger partial charge in [0.15, 0.2) is 0 Å². The fraction of sp³-hybridized carbons (Fsp3) is 1.00. The van der Waals surface area contributed by atoms with Gasteiger partial charge < -0.3 is 5.32 Å². The quantitative estimate of drug-likeness (QED) is 0.678. The highest BCUT2D eigenvalue weighted by molar-refractivity contribution is 4.96. The van der Waals surface area contributed by atoms with Crippen molar-refractivity contribution in [2.75, 3.05) is 19.6 Å². The van der Waals surface area contributed by atoms with Crippen LogP contribution < -0.4 is 5.32 Å². The minimum atomic E-state index is 0.409. The summed E-state index contributed by atoms with van der Waals surface area (Å²) in [5, 5.41) is 3.84. The third kappa shape index (κ3) is 5.07. The molecule has 1 aliphatic rings. The lowest BCUT2D eigenvalue weighted by atomic mass is 9.90. The Bertz CT molecular complexity index is 227. The monoisotopic (exact) mass is 268 g/mol. The van der Waals surface area contributed by atoms with Crippen LogP contribution in [0.5, 0.6) is 0 Å². The molecular weight excluding hydrogens is 232 g/mol. The van der Waals surface area contributed by atoms with Crippen LogP contribution in [0.1, 0.15) is 73.1 Å². The van der Waals surface area contributed by atoms with Gasteiger partial charge in [-0.15, -0.1) is 0 Å². The van der Waals surface area contributed by atoms with Crippen molar-refractivity contribution in [1.82, 2.24) is 10.2 Å². The van der Waals surface area contributed by atoms with Gasteiger partial charge in [-0.25, -0.2) is 0 Å². The van der Waals surface area contributed by atoms with Crippen molar-refractivity contribution >= 4 is 0 Å². The molecule has 0 aromatic rings. The Morgan fingerprint density at radius 2 is 1.84 bits per heavy atom. The molecule has 19 heavy (non-hydrogen) atoms. The van der Waals surface area contributed by atoms with E-state index in [9.17, 15) is 0 Å². The topological polar surface area (TPSA) is 15.3 Å². The Hall–Kier alpha value is -0.0800. The second kappa shape index (κ2) is 8.26. The molecule has 0 bridgehead atoms. The summed E-state index contributed by atoms with van der Waals surface area (Å²) in [6.07, 6.45) is 7.93. The molecule has 0 spiro atoms. The largest absolute Gasteiger partial charge is 0.310 e. The molecule has 0 radical (unpaired) electrons. The Morgan fingerprint density at radius 1 is 1.16 bits per heavy atom. The second-order valence-electron chi connectivity index (χ2n) is 6.85. The molecule has 0 aromatic carbocycles. The van der Waals surface area contributed by atoms with Crippen molar-refractivity contribution in [3.8, 4) is 0 Å². The van der Waals surface area contributed by atoms with E-state index >= 15 is 0 Å².